The number of carbonyl (C=O) groups excluding carboxylic acids is 1. The van der Waals surface area contributed by atoms with E-state index in [0.717, 1.165) is 38.6 Å². The molecule has 4 rings (SSSR count). The maximum atomic E-state index is 13.7. The summed E-state index contributed by atoms with van der Waals surface area (Å²) in [5.41, 5.74) is 3.81. The number of aromatic hydroxyl groups is 1. The number of aromatic nitrogens is 1. The number of anilines is 1. The minimum Gasteiger partial charge on any atom is -0.508 e. The van der Waals surface area contributed by atoms with Crippen LogP contribution < -0.4 is 10.3 Å². The fourth-order valence-electron chi connectivity index (χ4n) is 4.96. The number of phenols is 1. The molecule has 2 fully saturated rings. The summed E-state index contributed by atoms with van der Waals surface area (Å²) in [5, 5.41) is 11.9. The Hall–Kier alpha value is -2.28. The summed E-state index contributed by atoms with van der Waals surface area (Å²) >= 11 is 0. The molecule has 1 aromatic carbocycles. The third-order valence-corrected chi connectivity index (χ3v) is 6.76. The molecule has 0 spiro atoms. The Kier molecular flexibility index (Phi) is 5.42. The van der Waals surface area contributed by atoms with Crippen LogP contribution in [-0.2, 0) is 4.79 Å². The Bertz CT molecular complexity index is 872. The molecule has 2 aliphatic heterocycles. The van der Waals surface area contributed by atoms with E-state index in [4.69, 9.17) is 4.42 Å². The third kappa shape index (κ3) is 3.56. The Morgan fingerprint density at radius 3 is 2.76 bits per heavy atom. The number of fused-ring (bicyclic) bond motifs is 1. The van der Waals surface area contributed by atoms with Crippen molar-refractivity contribution in [3.05, 3.63) is 18.2 Å². The number of amides is 1. The van der Waals surface area contributed by atoms with Gasteiger partial charge in [-0.05, 0) is 64.5 Å². The predicted octanol–water partition coefficient (Wildman–Crippen LogP) is 3.97. The minimum atomic E-state index is -0.682. The van der Waals surface area contributed by atoms with Crippen molar-refractivity contribution in [2.45, 2.75) is 83.3 Å². The summed E-state index contributed by atoms with van der Waals surface area (Å²) in [6.07, 6.45) is 6.86. The number of hydrazine groups is 1. The molecule has 0 aliphatic carbocycles. The first-order valence-electron chi connectivity index (χ1n) is 10.9. The van der Waals surface area contributed by atoms with Gasteiger partial charge in [-0.25, -0.2) is 5.01 Å². The molecule has 0 bridgehead atoms. The molecule has 2 aliphatic rings. The molecule has 0 radical (unpaired) electrons. The molecule has 3 heterocycles. The maximum absolute atomic E-state index is 13.7. The molecular weight excluding hydrogens is 368 g/mol. The molecule has 7 nitrogen and oxygen atoms in total. The van der Waals surface area contributed by atoms with Crippen LogP contribution in [0.3, 0.4) is 0 Å². The zero-order chi connectivity index (χ0) is 20.6. The summed E-state index contributed by atoms with van der Waals surface area (Å²) in [7, 11) is 0. The van der Waals surface area contributed by atoms with Gasteiger partial charge in [0.05, 0.1) is 0 Å². The Morgan fingerprint density at radius 2 is 2.03 bits per heavy atom. The zero-order valence-electron chi connectivity index (χ0n) is 17.6. The second-order valence-corrected chi connectivity index (χ2v) is 8.62. The minimum absolute atomic E-state index is 0.0328. The van der Waals surface area contributed by atoms with Crippen LogP contribution >= 0.6 is 0 Å². The lowest BCUT2D eigenvalue weighted by molar-refractivity contribution is -0.136. The molecule has 2 saturated heterocycles. The van der Waals surface area contributed by atoms with Gasteiger partial charge >= 0.3 is 0 Å². The highest BCUT2D eigenvalue weighted by molar-refractivity contribution is 5.90. The van der Waals surface area contributed by atoms with Gasteiger partial charge in [0.2, 0.25) is 0 Å². The van der Waals surface area contributed by atoms with Gasteiger partial charge in [-0.15, -0.1) is 0 Å². The SMILES string of the molecule is CCC1(C(=O)NN2[C@H](C)CCC[C@@H]2C)CCCCN1c1nc2ccc(O)cc2o1. The second kappa shape index (κ2) is 7.86. The fraction of sp³-hybridized carbons (Fsp3) is 0.636. The van der Waals surface area contributed by atoms with Crippen LogP contribution in [0.4, 0.5) is 6.01 Å². The lowest BCUT2D eigenvalue weighted by Gasteiger charge is -2.47. The van der Waals surface area contributed by atoms with Crippen molar-refractivity contribution in [3.8, 4) is 5.75 Å². The Balaban J connectivity index is 1.65. The van der Waals surface area contributed by atoms with Gasteiger partial charge in [0.25, 0.3) is 11.9 Å². The van der Waals surface area contributed by atoms with Crippen LogP contribution in [-0.4, -0.2) is 45.2 Å². The molecule has 2 aromatic rings. The van der Waals surface area contributed by atoms with E-state index >= 15 is 0 Å². The van der Waals surface area contributed by atoms with Crippen LogP contribution in [0.5, 0.6) is 5.75 Å². The number of nitrogens with zero attached hydrogens (tertiary/aromatic N) is 3. The molecule has 158 valence electrons. The predicted molar refractivity (Wildman–Crippen MR) is 113 cm³/mol. The van der Waals surface area contributed by atoms with Gasteiger partial charge in [-0.1, -0.05) is 13.3 Å². The van der Waals surface area contributed by atoms with Crippen molar-refractivity contribution in [3.63, 3.8) is 0 Å². The van der Waals surface area contributed by atoms with Gasteiger partial charge in [0.1, 0.15) is 16.8 Å². The molecule has 0 saturated carbocycles. The van der Waals surface area contributed by atoms with Crippen LogP contribution in [0.2, 0.25) is 0 Å². The first-order valence-corrected chi connectivity index (χ1v) is 10.9. The monoisotopic (exact) mass is 400 g/mol. The van der Waals surface area contributed by atoms with E-state index in [2.05, 4.69) is 36.2 Å². The fourth-order valence-corrected chi connectivity index (χ4v) is 4.96. The molecule has 3 atom stereocenters. The molecule has 29 heavy (non-hydrogen) atoms. The molecule has 2 N–H and O–H groups in total. The number of piperidine rings is 2. The van der Waals surface area contributed by atoms with Crippen LogP contribution in [0.1, 0.15) is 65.7 Å². The number of benzene rings is 1. The highest BCUT2D eigenvalue weighted by Crippen LogP contribution is 2.37. The zero-order valence-corrected chi connectivity index (χ0v) is 17.6. The number of phenolic OH excluding ortho intramolecular Hbond substituents is 1. The summed E-state index contributed by atoms with van der Waals surface area (Å²) in [6, 6.07) is 6.04. The van der Waals surface area contributed by atoms with Crippen molar-refractivity contribution in [2.75, 3.05) is 11.4 Å². The molecule has 7 heteroatoms. The first kappa shape index (κ1) is 20.0. The lowest BCUT2D eigenvalue weighted by atomic mass is 9.83. The van der Waals surface area contributed by atoms with Crippen molar-refractivity contribution in [1.29, 1.82) is 0 Å². The molecular formula is C22H32N4O3. The van der Waals surface area contributed by atoms with E-state index in [-0.39, 0.29) is 11.7 Å². The number of nitrogens with one attached hydrogen (secondary N) is 1. The van der Waals surface area contributed by atoms with E-state index in [1.165, 1.54) is 6.42 Å². The highest BCUT2D eigenvalue weighted by atomic mass is 16.4. The Morgan fingerprint density at radius 1 is 1.28 bits per heavy atom. The highest BCUT2D eigenvalue weighted by Gasteiger charge is 2.47. The number of oxazole rings is 1. The summed E-state index contributed by atoms with van der Waals surface area (Å²) in [4.78, 5) is 20.3. The number of carbonyl (C=O) groups is 1. The largest absolute Gasteiger partial charge is 0.508 e. The molecule has 1 amide bonds. The Labute approximate surface area is 172 Å². The van der Waals surface area contributed by atoms with Gasteiger partial charge in [-0.2, -0.15) is 4.98 Å². The van der Waals surface area contributed by atoms with Crippen molar-refractivity contribution >= 4 is 23.0 Å². The van der Waals surface area contributed by atoms with Crippen LogP contribution in [0.25, 0.3) is 11.1 Å². The normalized spacial score (nSPS) is 28.6. The van der Waals surface area contributed by atoms with Gasteiger partial charge in [0.15, 0.2) is 5.58 Å². The summed E-state index contributed by atoms with van der Waals surface area (Å²) in [5.74, 6) is 0.178. The van der Waals surface area contributed by atoms with E-state index in [1.54, 1.807) is 18.2 Å². The van der Waals surface area contributed by atoms with E-state index in [1.807, 2.05) is 4.90 Å². The lowest BCUT2D eigenvalue weighted by Crippen LogP contribution is -2.66. The second-order valence-electron chi connectivity index (χ2n) is 8.62. The molecule has 1 aromatic heterocycles. The third-order valence-electron chi connectivity index (χ3n) is 6.76. The summed E-state index contributed by atoms with van der Waals surface area (Å²) < 4.78 is 5.99. The standard InChI is InChI=1S/C22H32N4O3/c1-4-22(20(28)24-26-15(2)8-7-9-16(26)3)12-5-6-13-25(22)21-23-18-11-10-17(27)14-19(18)29-21/h10-11,14-16,27H,4-9,12-13H2,1-3H3,(H,24,28)/t15-,16+,22?. The van der Waals surface area contributed by atoms with Crippen molar-refractivity contribution in [2.24, 2.45) is 0 Å². The van der Waals surface area contributed by atoms with Crippen LogP contribution in [0, 0.1) is 0 Å². The van der Waals surface area contributed by atoms with Crippen molar-refractivity contribution < 1.29 is 14.3 Å². The topological polar surface area (TPSA) is 81.8 Å². The average Bonchev–Trinajstić information content (AvgIpc) is 3.13. The molecule has 1 unspecified atom stereocenters. The number of hydrogen-bond acceptors (Lipinski definition) is 6. The van der Waals surface area contributed by atoms with E-state index < -0.39 is 5.54 Å². The van der Waals surface area contributed by atoms with Gasteiger partial charge < -0.3 is 14.4 Å². The van der Waals surface area contributed by atoms with Crippen molar-refractivity contribution in [1.82, 2.24) is 15.4 Å². The smallest absolute Gasteiger partial charge is 0.299 e. The quantitative estimate of drug-likeness (QED) is 0.808. The maximum Gasteiger partial charge on any atom is 0.299 e. The average molecular weight is 401 g/mol. The van der Waals surface area contributed by atoms with Gasteiger partial charge in [-0.3, -0.25) is 10.2 Å². The van der Waals surface area contributed by atoms with Gasteiger partial charge in [0, 0.05) is 24.7 Å². The van der Waals surface area contributed by atoms with Crippen LogP contribution in [0.15, 0.2) is 22.6 Å². The van der Waals surface area contributed by atoms with E-state index in [0.29, 0.717) is 35.6 Å². The number of rotatable bonds is 4. The number of hydrogen-bond donors (Lipinski definition) is 2. The van der Waals surface area contributed by atoms with E-state index in [9.17, 15) is 9.90 Å². The summed E-state index contributed by atoms with van der Waals surface area (Å²) in [6.45, 7) is 7.15. The first-order chi connectivity index (χ1) is 13.9.